The number of carbonyl (C=O) groups excluding carboxylic acids is 1. The maximum absolute atomic E-state index is 12.5. The number of hydrogen-bond donors (Lipinski definition) is 1. The zero-order valence-corrected chi connectivity index (χ0v) is 14.1. The van der Waals surface area contributed by atoms with Crippen molar-refractivity contribution in [2.45, 2.75) is 12.7 Å². The first-order chi connectivity index (χ1) is 12.9. The highest BCUT2D eigenvalue weighted by molar-refractivity contribution is 5.94. The highest BCUT2D eigenvalue weighted by Crippen LogP contribution is 2.29. The van der Waals surface area contributed by atoms with Gasteiger partial charge >= 0.3 is 12.1 Å². The molecule has 140 valence electrons. The summed E-state index contributed by atoms with van der Waals surface area (Å²) in [6.07, 6.45) is -4.70. The van der Waals surface area contributed by atoms with Gasteiger partial charge in [-0.25, -0.2) is 0 Å². The van der Waals surface area contributed by atoms with E-state index in [1.165, 1.54) is 24.3 Å². The van der Waals surface area contributed by atoms with Gasteiger partial charge in [0.15, 0.2) is 0 Å². The number of carbonyl (C=O) groups is 1. The molecule has 2 aromatic carbocycles. The van der Waals surface area contributed by atoms with E-state index in [4.69, 9.17) is 4.74 Å². The Bertz CT molecular complexity index is 920. The molecule has 1 amide bonds. The molecule has 3 rings (SSSR count). The van der Waals surface area contributed by atoms with Crippen molar-refractivity contribution in [3.8, 4) is 17.1 Å². The molecule has 1 N–H and O–H groups in total. The average Bonchev–Trinajstić information content (AvgIpc) is 3.17. The second kappa shape index (κ2) is 7.48. The van der Waals surface area contributed by atoms with Crippen LogP contribution >= 0.6 is 0 Å². The summed E-state index contributed by atoms with van der Waals surface area (Å²) in [5.74, 6) is -1.22. The highest BCUT2D eigenvalue weighted by Gasteiger charge is 2.38. The Hall–Kier alpha value is -3.36. The number of benzene rings is 2. The number of rotatable bonds is 5. The molecule has 0 aliphatic rings. The molecule has 0 saturated carbocycles. The molecule has 1 heterocycles. The van der Waals surface area contributed by atoms with Crippen molar-refractivity contribution in [2.24, 2.45) is 0 Å². The number of aromatic nitrogens is 2. The number of alkyl halides is 3. The number of ether oxygens (including phenoxy) is 1. The first-order valence-electron chi connectivity index (χ1n) is 7.79. The largest absolute Gasteiger partial charge is 0.497 e. The van der Waals surface area contributed by atoms with Crippen LogP contribution in [0.1, 0.15) is 21.8 Å². The van der Waals surface area contributed by atoms with Gasteiger partial charge in [0.2, 0.25) is 5.82 Å². The fraction of sp³-hybridized carbons (Fsp3) is 0.167. The molecule has 0 atom stereocenters. The second-order valence-electron chi connectivity index (χ2n) is 5.53. The Morgan fingerprint density at radius 1 is 1.11 bits per heavy atom. The van der Waals surface area contributed by atoms with E-state index in [2.05, 4.69) is 20.0 Å². The molecular weight excluding hydrogens is 363 g/mol. The normalized spacial score (nSPS) is 11.3. The van der Waals surface area contributed by atoms with Crippen LogP contribution in [0.2, 0.25) is 0 Å². The Labute approximate surface area is 152 Å². The van der Waals surface area contributed by atoms with Gasteiger partial charge in [-0.1, -0.05) is 29.4 Å². The lowest BCUT2D eigenvalue weighted by Crippen LogP contribution is -2.22. The topological polar surface area (TPSA) is 77.2 Å². The number of nitrogens with zero attached hydrogens (tertiary/aromatic N) is 2. The van der Waals surface area contributed by atoms with Gasteiger partial charge in [0.25, 0.3) is 5.91 Å². The highest BCUT2D eigenvalue weighted by atomic mass is 19.4. The van der Waals surface area contributed by atoms with Gasteiger partial charge in [-0.05, 0) is 29.8 Å². The fourth-order valence-electron chi connectivity index (χ4n) is 2.25. The lowest BCUT2D eigenvalue weighted by molar-refractivity contribution is -0.159. The van der Waals surface area contributed by atoms with Crippen LogP contribution < -0.4 is 10.1 Å². The zero-order valence-electron chi connectivity index (χ0n) is 14.1. The van der Waals surface area contributed by atoms with Crippen molar-refractivity contribution >= 4 is 5.91 Å². The zero-order chi connectivity index (χ0) is 19.4. The number of amides is 1. The molecule has 0 radical (unpaired) electrons. The van der Waals surface area contributed by atoms with E-state index in [-0.39, 0.29) is 11.7 Å². The SMILES string of the molecule is COc1ccc(CNC(=O)c2ccc(-c3noc(C(F)(F)F)n3)cc2)cc1. The molecule has 0 aliphatic carbocycles. The lowest BCUT2D eigenvalue weighted by atomic mass is 10.1. The Kier molecular flexibility index (Phi) is 5.11. The molecule has 0 unspecified atom stereocenters. The Morgan fingerprint density at radius 3 is 2.33 bits per heavy atom. The third-order valence-electron chi connectivity index (χ3n) is 3.69. The Balaban J connectivity index is 1.63. The minimum absolute atomic E-state index is 0.201. The summed E-state index contributed by atoms with van der Waals surface area (Å²) >= 11 is 0. The van der Waals surface area contributed by atoms with Crippen LogP contribution in [0.5, 0.6) is 5.75 Å². The summed E-state index contributed by atoms with van der Waals surface area (Å²) < 4.78 is 46.7. The predicted octanol–water partition coefficient (Wildman–Crippen LogP) is 3.69. The van der Waals surface area contributed by atoms with Gasteiger partial charge in [-0.15, -0.1) is 0 Å². The molecule has 3 aromatic rings. The van der Waals surface area contributed by atoms with Crippen molar-refractivity contribution in [3.63, 3.8) is 0 Å². The number of hydrogen-bond acceptors (Lipinski definition) is 5. The summed E-state index contributed by atoms with van der Waals surface area (Å²) in [4.78, 5) is 15.5. The molecule has 0 aliphatic heterocycles. The standard InChI is InChI=1S/C18H14F3N3O3/c1-26-14-8-2-11(3-9-14)10-22-16(25)13-6-4-12(5-7-13)15-23-17(27-24-15)18(19,20)21/h2-9H,10H2,1H3,(H,22,25). The van der Waals surface area contributed by atoms with Crippen LogP contribution in [0.25, 0.3) is 11.4 Å². The molecule has 6 nitrogen and oxygen atoms in total. The molecule has 0 bridgehead atoms. The monoisotopic (exact) mass is 377 g/mol. The number of halogens is 3. The van der Waals surface area contributed by atoms with Crippen molar-refractivity contribution in [2.75, 3.05) is 7.11 Å². The Morgan fingerprint density at radius 2 is 1.78 bits per heavy atom. The van der Waals surface area contributed by atoms with Crippen LogP contribution in [0.15, 0.2) is 53.1 Å². The summed E-state index contributed by atoms with van der Waals surface area (Å²) in [6.45, 7) is 0.324. The molecule has 1 aromatic heterocycles. The summed E-state index contributed by atoms with van der Waals surface area (Å²) in [7, 11) is 1.57. The smallest absolute Gasteiger partial charge is 0.471 e. The van der Waals surface area contributed by atoms with Gasteiger partial charge in [-0.3, -0.25) is 4.79 Å². The predicted molar refractivity (Wildman–Crippen MR) is 88.9 cm³/mol. The quantitative estimate of drug-likeness (QED) is 0.734. The van der Waals surface area contributed by atoms with Crippen LogP contribution in [0.3, 0.4) is 0 Å². The molecular formula is C18H14F3N3O3. The first kappa shape index (κ1) is 18.4. The van der Waals surface area contributed by atoms with Crippen molar-refractivity contribution in [1.29, 1.82) is 0 Å². The van der Waals surface area contributed by atoms with E-state index in [0.29, 0.717) is 17.7 Å². The summed E-state index contributed by atoms with van der Waals surface area (Å²) in [5, 5.41) is 6.06. The van der Waals surface area contributed by atoms with E-state index in [9.17, 15) is 18.0 Å². The van der Waals surface area contributed by atoms with Crippen LogP contribution in [-0.4, -0.2) is 23.2 Å². The maximum atomic E-state index is 12.5. The first-order valence-corrected chi connectivity index (χ1v) is 7.79. The van der Waals surface area contributed by atoms with E-state index in [0.717, 1.165) is 11.3 Å². The van der Waals surface area contributed by atoms with Crippen molar-refractivity contribution < 1.29 is 27.2 Å². The van der Waals surface area contributed by atoms with Gasteiger partial charge in [0.1, 0.15) is 5.75 Å². The van der Waals surface area contributed by atoms with E-state index >= 15 is 0 Å². The van der Waals surface area contributed by atoms with Gasteiger partial charge in [-0.2, -0.15) is 18.2 Å². The van der Waals surface area contributed by atoms with Gasteiger partial charge < -0.3 is 14.6 Å². The summed E-state index contributed by atoms with van der Waals surface area (Å²) in [5.41, 5.74) is 1.56. The molecule has 0 fully saturated rings. The molecule has 9 heteroatoms. The van der Waals surface area contributed by atoms with Crippen molar-refractivity contribution in [1.82, 2.24) is 15.5 Å². The third-order valence-corrected chi connectivity index (χ3v) is 3.69. The van der Waals surface area contributed by atoms with Crippen molar-refractivity contribution in [3.05, 3.63) is 65.5 Å². The minimum Gasteiger partial charge on any atom is -0.497 e. The molecule has 27 heavy (non-hydrogen) atoms. The van der Waals surface area contributed by atoms with Crippen LogP contribution in [-0.2, 0) is 12.7 Å². The van der Waals surface area contributed by atoms with E-state index in [1.54, 1.807) is 19.2 Å². The van der Waals surface area contributed by atoms with Gasteiger partial charge in [0, 0.05) is 17.7 Å². The second-order valence-corrected chi connectivity index (χ2v) is 5.53. The molecule has 0 saturated heterocycles. The number of methoxy groups -OCH3 is 1. The van der Waals surface area contributed by atoms with Crippen LogP contribution in [0, 0.1) is 0 Å². The van der Waals surface area contributed by atoms with Crippen LogP contribution in [0.4, 0.5) is 13.2 Å². The van der Waals surface area contributed by atoms with E-state index < -0.39 is 12.1 Å². The van der Waals surface area contributed by atoms with Gasteiger partial charge in [0.05, 0.1) is 7.11 Å². The minimum atomic E-state index is -4.70. The lowest BCUT2D eigenvalue weighted by Gasteiger charge is -2.07. The average molecular weight is 377 g/mol. The third kappa shape index (κ3) is 4.43. The van der Waals surface area contributed by atoms with E-state index in [1.807, 2.05) is 12.1 Å². The number of nitrogens with one attached hydrogen (secondary N) is 1. The summed E-state index contributed by atoms with van der Waals surface area (Å²) in [6, 6.07) is 13.1. The fourth-order valence-corrected chi connectivity index (χ4v) is 2.25. The maximum Gasteiger partial charge on any atom is 0.471 e. The molecule has 0 spiro atoms.